The molecule has 0 bridgehead atoms. The Kier molecular flexibility index (Phi) is 10.8. The summed E-state index contributed by atoms with van der Waals surface area (Å²) in [5, 5.41) is 68.8. The van der Waals surface area contributed by atoms with Crippen molar-refractivity contribution in [3.05, 3.63) is 0 Å². The third kappa shape index (κ3) is 7.05. The smallest absolute Gasteiger partial charge is 0.756 e. The molecule has 12 atom stereocenters. The number of rotatable bonds is 9. The molecule has 12 unspecified atom stereocenters. The summed E-state index contributed by atoms with van der Waals surface area (Å²) in [6, 6.07) is -1.15. The van der Waals surface area contributed by atoms with Gasteiger partial charge in [0.05, 0.1) is 19.6 Å². The van der Waals surface area contributed by atoms with Crippen LogP contribution in [0.25, 0.3) is 0 Å². The second kappa shape index (κ2) is 12.8. The Hall–Kier alpha value is -0.780. The van der Waals surface area contributed by atoms with Gasteiger partial charge in [-0.15, -0.1) is 0 Å². The Labute approximate surface area is 246 Å². The van der Waals surface area contributed by atoms with Crippen LogP contribution >= 0.6 is 15.6 Å². The SMILES string of the molecule is N=C1N=C2C(N=CN2C2OC(COP(=O)(O)OP(=O)([O-])OC3OC(CO)C(O)C(O)C3O)C(O)C2O)C(=O)N1.[Na+]. The monoisotopic (exact) mass is 627 g/mol. The predicted octanol–water partition coefficient (Wildman–Crippen LogP) is -8.97. The maximum atomic E-state index is 12.2. The van der Waals surface area contributed by atoms with E-state index in [0.29, 0.717) is 0 Å². The van der Waals surface area contributed by atoms with Gasteiger partial charge in [0, 0.05) is 0 Å². The maximum absolute atomic E-state index is 12.2. The van der Waals surface area contributed by atoms with E-state index in [1.807, 2.05) is 0 Å². The molecule has 0 aromatic heterocycles. The van der Waals surface area contributed by atoms with Gasteiger partial charge in [0.2, 0.25) is 5.96 Å². The summed E-state index contributed by atoms with van der Waals surface area (Å²) in [6.45, 7) is -1.94. The van der Waals surface area contributed by atoms with E-state index in [0.717, 1.165) is 11.2 Å². The zero-order valence-electron chi connectivity index (χ0n) is 20.3. The number of fused-ring (bicyclic) bond motifs is 1. The average molecular weight is 627 g/mol. The molecule has 0 spiro atoms. The number of hydrogen-bond donors (Lipinski definition) is 9. The molecule has 4 rings (SSSR count). The first-order chi connectivity index (χ1) is 18.1. The number of carbonyl (C=O) groups excluding carboxylic acids is 1. The molecule has 0 saturated carbocycles. The van der Waals surface area contributed by atoms with Crippen molar-refractivity contribution in [2.45, 2.75) is 61.3 Å². The molecule has 40 heavy (non-hydrogen) atoms. The molecule has 4 aliphatic heterocycles. The van der Waals surface area contributed by atoms with Crippen LogP contribution in [0.5, 0.6) is 0 Å². The van der Waals surface area contributed by atoms with Gasteiger partial charge in [-0.3, -0.25) is 39.0 Å². The van der Waals surface area contributed by atoms with Gasteiger partial charge in [-0.2, -0.15) is 4.99 Å². The normalized spacial score (nSPS) is 40.5. The quantitative estimate of drug-likeness (QED) is 0.0846. The summed E-state index contributed by atoms with van der Waals surface area (Å²) >= 11 is 0. The van der Waals surface area contributed by atoms with E-state index in [1.54, 1.807) is 0 Å². The number of carbonyl (C=O) groups is 1. The van der Waals surface area contributed by atoms with Crippen molar-refractivity contribution in [3.8, 4) is 0 Å². The van der Waals surface area contributed by atoms with Crippen LogP contribution in [0.15, 0.2) is 9.98 Å². The fourth-order valence-corrected chi connectivity index (χ4v) is 6.07. The van der Waals surface area contributed by atoms with E-state index < -0.39 is 102 Å². The third-order valence-electron chi connectivity index (χ3n) is 5.86. The van der Waals surface area contributed by atoms with Gasteiger partial charge in [-0.05, 0) is 0 Å². The van der Waals surface area contributed by atoms with E-state index in [2.05, 4.69) is 28.7 Å². The zero-order valence-corrected chi connectivity index (χ0v) is 24.1. The number of aliphatic hydroxyl groups excluding tert-OH is 6. The molecule has 4 aliphatic rings. The topological polar surface area (TPSA) is 326 Å². The second-order valence-electron chi connectivity index (χ2n) is 8.52. The Morgan fingerprint density at radius 3 is 2.38 bits per heavy atom. The molecule has 2 fully saturated rings. The predicted molar refractivity (Wildman–Crippen MR) is 117 cm³/mol. The van der Waals surface area contributed by atoms with Crippen molar-refractivity contribution in [2.24, 2.45) is 9.98 Å². The van der Waals surface area contributed by atoms with E-state index in [9.17, 15) is 49.2 Å². The molecular weight excluding hydrogens is 603 g/mol. The molecule has 21 nitrogen and oxygen atoms in total. The van der Waals surface area contributed by atoms with Crippen molar-refractivity contribution in [1.29, 1.82) is 5.41 Å². The molecule has 4 heterocycles. The third-order valence-corrected chi connectivity index (χ3v) is 8.43. The van der Waals surface area contributed by atoms with Crippen LogP contribution < -0.4 is 39.8 Å². The van der Waals surface area contributed by atoms with Crippen molar-refractivity contribution in [2.75, 3.05) is 13.2 Å². The molecule has 24 heteroatoms. The van der Waals surface area contributed by atoms with Gasteiger partial charge >= 0.3 is 37.4 Å². The Morgan fingerprint density at radius 1 is 1.07 bits per heavy atom. The molecule has 0 aliphatic carbocycles. The van der Waals surface area contributed by atoms with Gasteiger partial charge in [0.1, 0.15) is 42.7 Å². The number of amides is 1. The van der Waals surface area contributed by atoms with Gasteiger partial charge in [0.15, 0.2) is 24.4 Å². The minimum absolute atomic E-state index is 0. The van der Waals surface area contributed by atoms with Gasteiger partial charge < -0.3 is 49.9 Å². The van der Waals surface area contributed by atoms with E-state index >= 15 is 0 Å². The van der Waals surface area contributed by atoms with Crippen LogP contribution in [-0.2, 0) is 36.8 Å². The van der Waals surface area contributed by atoms with Gasteiger partial charge in [-0.25, -0.2) is 8.88 Å². The van der Waals surface area contributed by atoms with Crippen LogP contribution in [0, 0.1) is 5.41 Å². The fourth-order valence-electron chi connectivity index (χ4n) is 3.95. The van der Waals surface area contributed by atoms with Crippen LogP contribution in [0.1, 0.15) is 0 Å². The second-order valence-corrected chi connectivity index (χ2v) is 11.5. The summed E-state index contributed by atoms with van der Waals surface area (Å²) in [6.07, 6.45) is -15.3. The minimum Gasteiger partial charge on any atom is -0.756 e. The van der Waals surface area contributed by atoms with E-state index in [-0.39, 0.29) is 35.4 Å². The Bertz CT molecular complexity index is 1140. The number of hydrogen-bond acceptors (Lipinski definition) is 18. The number of nitrogens with one attached hydrogen (secondary N) is 2. The molecule has 0 aromatic carbocycles. The van der Waals surface area contributed by atoms with Crippen LogP contribution in [0.2, 0.25) is 0 Å². The molecular formula is C16H24N5NaO16P2. The summed E-state index contributed by atoms with van der Waals surface area (Å²) < 4.78 is 47.5. The zero-order chi connectivity index (χ0) is 28.9. The number of phosphoric ester groups is 2. The fraction of sp³-hybridized carbons (Fsp3) is 0.750. The van der Waals surface area contributed by atoms with Crippen molar-refractivity contribution < 1.29 is 107 Å². The minimum atomic E-state index is -5.85. The van der Waals surface area contributed by atoms with Gasteiger partial charge in [-0.1, -0.05) is 0 Å². The number of ether oxygens (including phenoxy) is 2. The molecule has 220 valence electrons. The summed E-state index contributed by atoms with van der Waals surface area (Å²) in [4.78, 5) is 42.7. The molecule has 9 N–H and O–H groups in total. The first-order valence-corrected chi connectivity index (χ1v) is 13.9. The first-order valence-electron chi connectivity index (χ1n) is 10.9. The maximum Gasteiger partial charge on any atom is 1.00 e. The van der Waals surface area contributed by atoms with Crippen molar-refractivity contribution in [3.63, 3.8) is 0 Å². The summed E-state index contributed by atoms with van der Waals surface area (Å²) in [5.74, 6) is -1.29. The standard InChI is InChI=1S/C16H25N5O16P2.Na/c17-16-19-12-6(13(28)20-16)18-3-21(12)14-10(26)8(24)5(34-14)2-33-38(29,30)37-39(31,32)36-15-11(27)9(25)7(23)4(1-22)35-15;/h3-11,14-15,22-27H,1-2H2,(H,29,30)(H,31,32)(H2,17,20,28);/q;+1/p-1. The van der Waals surface area contributed by atoms with Gasteiger partial charge in [0.25, 0.3) is 13.7 Å². The van der Waals surface area contributed by atoms with Crippen LogP contribution in [-0.4, -0.2) is 139 Å². The number of aliphatic hydroxyl groups is 6. The van der Waals surface area contributed by atoms with Crippen LogP contribution in [0.3, 0.4) is 0 Å². The largest absolute Gasteiger partial charge is 1.00 e. The number of nitrogens with zero attached hydrogens (tertiary/aromatic N) is 3. The summed E-state index contributed by atoms with van der Waals surface area (Å²) in [5.41, 5.74) is 0. The molecule has 2 saturated heterocycles. The first kappa shape index (κ1) is 33.7. The van der Waals surface area contributed by atoms with E-state index in [4.69, 9.17) is 20.0 Å². The molecule has 0 aromatic rings. The Morgan fingerprint density at radius 2 is 1.73 bits per heavy atom. The Balaban J connectivity index is 0.00000441. The van der Waals surface area contributed by atoms with Crippen LogP contribution in [0.4, 0.5) is 0 Å². The van der Waals surface area contributed by atoms with E-state index in [1.165, 1.54) is 0 Å². The number of aliphatic imine (C=N–C) groups is 2. The summed E-state index contributed by atoms with van der Waals surface area (Å²) in [7, 11) is -11.4. The number of guanidine groups is 1. The number of phosphoric acid groups is 2. The average Bonchev–Trinajstić information content (AvgIpc) is 3.38. The van der Waals surface area contributed by atoms with Crippen molar-refractivity contribution in [1.82, 2.24) is 10.2 Å². The molecule has 0 radical (unpaired) electrons. The molecule has 1 amide bonds. The number of amidine groups is 1. The van der Waals surface area contributed by atoms with Crippen molar-refractivity contribution >= 4 is 39.7 Å².